The van der Waals surface area contributed by atoms with Gasteiger partial charge >= 0.3 is 0 Å². The fraction of sp³-hybridized carbons (Fsp3) is 0.0182. The van der Waals surface area contributed by atoms with Gasteiger partial charge in [0.25, 0.3) is 0 Å². The van der Waals surface area contributed by atoms with Gasteiger partial charge in [0.1, 0.15) is 0 Å². The lowest BCUT2D eigenvalue weighted by molar-refractivity contribution is 0.774. The molecule has 274 valence electrons. The first-order valence-corrected chi connectivity index (χ1v) is 20.0. The first-order chi connectivity index (χ1) is 29.3. The Morgan fingerprint density at radius 1 is 0.390 bits per heavy atom. The highest BCUT2D eigenvalue weighted by molar-refractivity contribution is 6.19. The monoisotopic (exact) mass is 750 g/mol. The topological polar surface area (TPSA) is 51.6 Å². The fourth-order valence-corrected chi connectivity index (χ4v) is 9.72. The van der Waals surface area contributed by atoms with E-state index in [0.717, 1.165) is 39.3 Å². The first kappa shape index (κ1) is 33.3. The zero-order valence-corrected chi connectivity index (χ0v) is 31.9. The minimum Gasteiger partial charge on any atom is -0.264 e. The summed E-state index contributed by atoms with van der Waals surface area (Å²) in [7, 11) is 0. The third kappa shape index (κ3) is 5.03. The second kappa shape index (κ2) is 13.1. The average molecular weight is 751 g/mol. The molecule has 4 nitrogen and oxygen atoms in total. The molecule has 3 aromatic heterocycles. The maximum atomic E-state index is 5.33. The van der Waals surface area contributed by atoms with Crippen LogP contribution < -0.4 is 0 Å². The molecule has 3 heterocycles. The van der Waals surface area contributed by atoms with Gasteiger partial charge in [-0.05, 0) is 102 Å². The lowest BCUT2D eigenvalue weighted by Crippen LogP contribution is -2.30. The van der Waals surface area contributed by atoms with Crippen LogP contribution in [0.5, 0.6) is 0 Å². The molecule has 1 unspecified atom stereocenters. The number of benzene rings is 7. The molecule has 0 radical (unpaired) electrons. The van der Waals surface area contributed by atoms with Crippen LogP contribution in [-0.2, 0) is 5.41 Å². The molecule has 0 saturated heterocycles. The summed E-state index contributed by atoms with van der Waals surface area (Å²) >= 11 is 0. The lowest BCUT2D eigenvalue weighted by Gasteiger charge is -2.36. The summed E-state index contributed by atoms with van der Waals surface area (Å²) in [6.07, 6.45) is 10.1. The molecule has 2 aliphatic rings. The van der Waals surface area contributed by atoms with Crippen LogP contribution in [0.25, 0.3) is 90.0 Å². The van der Waals surface area contributed by atoms with Gasteiger partial charge in [-0.1, -0.05) is 152 Å². The largest absolute Gasteiger partial charge is 0.264 e. The van der Waals surface area contributed by atoms with Gasteiger partial charge in [0.15, 0.2) is 5.82 Å². The molecule has 0 aliphatic heterocycles. The van der Waals surface area contributed by atoms with E-state index < -0.39 is 5.41 Å². The Morgan fingerprint density at radius 2 is 1.03 bits per heavy atom. The van der Waals surface area contributed by atoms with E-state index in [0.29, 0.717) is 5.82 Å². The van der Waals surface area contributed by atoms with Crippen molar-refractivity contribution in [3.8, 4) is 56.3 Å². The van der Waals surface area contributed by atoms with Crippen molar-refractivity contribution in [2.45, 2.75) is 5.41 Å². The van der Waals surface area contributed by atoms with Gasteiger partial charge in [-0.2, -0.15) is 0 Å². The summed E-state index contributed by atoms with van der Waals surface area (Å²) in [5.41, 5.74) is 15.9. The van der Waals surface area contributed by atoms with Crippen molar-refractivity contribution in [1.29, 1.82) is 0 Å². The number of aromatic nitrogens is 4. The van der Waals surface area contributed by atoms with Crippen molar-refractivity contribution in [3.63, 3.8) is 0 Å². The summed E-state index contributed by atoms with van der Waals surface area (Å²) in [5, 5.41) is 5.07. The molecule has 1 spiro atoms. The second-order valence-electron chi connectivity index (χ2n) is 15.4. The fourth-order valence-electron chi connectivity index (χ4n) is 9.72. The normalized spacial score (nSPS) is 14.8. The molecule has 1 atom stereocenters. The SMILES string of the molecule is C1=Cc2ccc(-c3cc(-c4ccccc4)nc(-c4ccc(-c5cccnc5)nc4)n3)cc2C2(c3ccccc31)c1ccccc1-c1c2c2ccccc2c2ccccc12. The van der Waals surface area contributed by atoms with E-state index in [4.69, 9.17) is 15.0 Å². The molecule has 0 bridgehead atoms. The average Bonchev–Trinajstić information content (AvgIpc) is 3.55. The van der Waals surface area contributed by atoms with E-state index in [9.17, 15) is 0 Å². The maximum absolute atomic E-state index is 5.33. The van der Waals surface area contributed by atoms with Crippen LogP contribution in [0.3, 0.4) is 0 Å². The third-order valence-electron chi connectivity index (χ3n) is 12.2. The number of hydrogen-bond acceptors (Lipinski definition) is 4. The zero-order chi connectivity index (χ0) is 38.9. The Balaban J connectivity index is 1.14. The Kier molecular flexibility index (Phi) is 7.41. The van der Waals surface area contributed by atoms with Crippen molar-refractivity contribution in [1.82, 2.24) is 19.9 Å². The summed E-state index contributed by atoms with van der Waals surface area (Å²) in [6, 6.07) is 63.4. The predicted molar refractivity (Wildman–Crippen MR) is 241 cm³/mol. The van der Waals surface area contributed by atoms with Gasteiger partial charge < -0.3 is 0 Å². The summed E-state index contributed by atoms with van der Waals surface area (Å²) in [4.78, 5) is 19.6. The van der Waals surface area contributed by atoms with Crippen molar-refractivity contribution in [3.05, 3.63) is 228 Å². The highest BCUT2D eigenvalue weighted by Crippen LogP contribution is 2.62. The Hall–Kier alpha value is -7.82. The molecule has 0 amide bonds. The number of pyridine rings is 2. The van der Waals surface area contributed by atoms with Crippen LogP contribution in [-0.4, -0.2) is 19.9 Å². The van der Waals surface area contributed by atoms with E-state index >= 15 is 0 Å². The first-order valence-electron chi connectivity index (χ1n) is 20.0. The molecule has 2 aliphatic carbocycles. The summed E-state index contributed by atoms with van der Waals surface area (Å²) < 4.78 is 0. The minimum atomic E-state index is -0.634. The molecule has 0 saturated carbocycles. The van der Waals surface area contributed by atoms with Crippen molar-refractivity contribution in [2.75, 3.05) is 0 Å². The quantitative estimate of drug-likeness (QED) is 0.168. The predicted octanol–water partition coefficient (Wildman–Crippen LogP) is 13.1. The molecular weight excluding hydrogens is 717 g/mol. The molecule has 10 aromatic rings. The van der Waals surface area contributed by atoms with Gasteiger partial charge in [0, 0.05) is 40.8 Å². The smallest absolute Gasteiger partial charge is 0.161 e. The number of nitrogens with zero attached hydrogens (tertiary/aromatic N) is 4. The molecule has 4 heteroatoms. The van der Waals surface area contributed by atoms with Crippen LogP contribution in [0.1, 0.15) is 33.4 Å². The van der Waals surface area contributed by atoms with E-state index in [1.165, 1.54) is 66.1 Å². The van der Waals surface area contributed by atoms with E-state index in [1.807, 2.05) is 36.7 Å². The highest BCUT2D eigenvalue weighted by atomic mass is 14.9. The zero-order valence-electron chi connectivity index (χ0n) is 31.9. The van der Waals surface area contributed by atoms with E-state index in [1.54, 1.807) is 6.20 Å². The van der Waals surface area contributed by atoms with Crippen molar-refractivity contribution in [2.24, 2.45) is 0 Å². The van der Waals surface area contributed by atoms with Crippen LogP contribution in [0.15, 0.2) is 195 Å². The van der Waals surface area contributed by atoms with Crippen LogP contribution in [0.4, 0.5) is 0 Å². The van der Waals surface area contributed by atoms with E-state index in [2.05, 4.69) is 169 Å². The van der Waals surface area contributed by atoms with Crippen molar-refractivity contribution >= 4 is 33.7 Å². The molecule has 12 rings (SSSR count). The van der Waals surface area contributed by atoms with Gasteiger partial charge in [-0.3, -0.25) is 9.97 Å². The van der Waals surface area contributed by atoms with Crippen LogP contribution >= 0.6 is 0 Å². The minimum absolute atomic E-state index is 0.621. The van der Waals surface area contributed by atoms with Gasteiger partial charge in [-0.15, -0.1) is 0 Å². The van der Waals surface area contributed by atoms with Gasteiger partial charge in [-0.25, -0.2) is 9.97 Å². The molecule has 0 fully saturated rings. The third-order valence-corrected chi connectivity index (χ3v) is 12.2. The summed E-state index contributed by atoms with van der Waals surface area (Å²) in [6.45, 7) is 0. The Morgan fingerprint density at radius 3 is 1.81 bits per heavy atom. The lowest BCUT2D eigenvalue weighted by atomic mass is 9.64. The molecular formula is C55H34N4. The van der Waals surface area contributed by atoms with Gasteiger partial charge in [0.05, 0.1) is 22.5 Å². The molecule has 59 heavy (non-hydrogen) atoms. The van der Waals surface area contributed by atoms with Crippen molar-refractivity contribution < 1.29 is 0 Å². The maximum Gasteiger partial charge on any atom is 0.161 e. The van der Waals surface area contributed by atoms with Gasteiger partial charge in [0.2, 0.25) is 0 Å². The molecule has 7 aromatic carbocycles. The van der Waals surface area contributed by atoms with E-state index in [-0.39, 0.29) is 0 Å². The second-order valence-corrected chi connectivity index (χ2v) is 15.4. The van der Waals surface area contributed by atoms with Crippen LogP contribution in [0, 0.1) is 0 Å². The Bertz CT molecular complexity index is 3320. The number of rotatable bonds is 4. The Labute approximate surface area is 341 Å². The summed E-state index contributed by atoms with van der Waals surface area (Å²) in [5.74, 6) is 0.621. The standard InChI is InChI=1S/C55H34N4/c1-2-14-37(15-3-1)50-32-51(59-54(58-50)40-28-29-49(57-34-40)39-16-12-30-56-33-39)38-27-26-36-25-24-35-13-4-10-22-46(35)55(48(36)31-38)47-23-11-9-21-45(47)52-43-19-7-5-17-41(43)42-18-6-8-20-44(42)53(52)55/h1-34H. The number of fused-ring (bicyclic) bond motifs is 14. The van der Waals surface area contributed by atoms with Crippen LogP contribution in [0.2, 0.25) is 0 Å². The number of hydrogen-bond donors (Lipinski definition) is 0. The molecule has 0 N–H and O–H groups in total. The highest BCUT2D eigenvalue weighted by Gasteiger charge is 2.50.